The number of aromatic nitrogens is 2. The summed E-state index contributed by atoms with van der Waals surface area (Å²) in [7, 11) is 0. The van der Waals surface area contributed by atoms with Gasteiger partial charge in [0.2, 0.25) is 5.91 Å². The summed E-state index contributed by atoms with van der Waals surface area (Å²) < 4.78 is 1.69. The van der Waals surface area contributed by atoms with Gasteiger partial charge in [0.15, 0.2) is 0 Å². The summed E-state index contributed by atoms with van der Waals surface area (Å²) >= 11 is 1.58. The second kappa shape index (κ2) is 8.21. The molecule has 7 heteroatoms. The van der Waals surface area contributed by atoms with E-state index in [1.165, 1.54) is 0 Å². The zero-order chi connectivity index (χ0) is 20.4. The molecule has 0 bridgehead atoms. The molecule has 1 unspecified atom stereocenters. The van der Waals surface area contributed by atoms with Gasteiger partial charge in [-0.2, -0.15) is 5.10 Å². The minimum atomic E-state index is -0.516. The lowest BCUT2D eigenvalue weighted by Crippen LogP contribution is -2.45. The first-order valence-corrected chi connectivity index (χ1v) is 10.7. The second-order valence-electron chi connectivity index (χ2n) is 7.41. The van der Waals surface area contributed by atoms with Crippen molar-refractivity contribution in [2.24, 2.45) is 0 Å². The molecule has 1 saturated heterocycles. The third-order valence-corrected chi connectivity index (χ3v) is 6.03. The van der Waals surface area contributed by atoms with Crippen molar-refractivity contribution in [2.75, 3.05) is 6.54 Å². The van der Waals surface area contributed by atoms with E-state index in [4.69, 9.17) is 5.10 Å². The van der Waals surface area contributed by atoms with Crippen LogP contribution in [0.2, 0.25) is 0 Å². The Morgan fingerprint density at radius 2 is 2.10 bits per heavy atom. The maximum atomic E-state index is 13.2. The van der Waals surface area contributed by atoms with Crippen LogP contribution in [0.15, 0.2) is 41.8 Å². The quantitative estimate of drug-likeness (QED) is 0.692. The molecule has 1 aliphatic rings. The minimum absolute atomic E-state index is 0.119. The molecule has 150 valence electrons. The van der Waals surface area contributed by atoms with Crippen LogP contribution in [0.25, 0.3) is 16.3 Å². The van der Waals surface area contributed by atoms with E-state index in [1.54, 1.807) is 22.1 Å². The summed E-state index contributed by atoms with van der Waals surface area (Å²) in [6.07, 6.45) is 2.48. The lowest BCUT2D eigenvalue weighted by atomic mass is 10.1. The SMILES string of the molecule is Cc1ccc(-n2nc(-c3cccs3)cc2C(=O)NC2CCCCNC2=O)c(C)c1. The topological polar surface area (TPSA) is 76.0 Å². The number of aryl methyl sites for hydroxylation is 2. The van der Waals surface area contributed by atoms with Crippen molar-refractivity contribution < 1.29 is 9.59 Å². The van der Waals surface area contributed by atoms with Gasteiger partial charge in [-0.15, -0.1) is 11.3 Å². The van der Waals surface area contributed by atoms with E-state index in [2.05, 4.69) is 16.7 Å². The molecule has 6 nitrogen and oxygen atoms in total. The van der Waals surface area contributed by atoms with Crippen molar-refractivity contribution in [2.45, 2.75) is 39.2 Å². The fraction of sp³-hybridized carbons (Fsp3) is 0.318. The Kier molecular flexibility index (Phi) is 5.49. The molecule has 1 aromatic carbocycles. The molecule has 3 aromatic rings. The number of benzene rings is 1. The van der Waals surface area contributed by atoms with Gasteiger partial charge in [-0.25, -0.2) is 4.68 Å². The number of nitrogens with one attached hydrogen (secondary N) is 2. The Labute approximate surface area is 173 Å². The van der Waals surface area contributed by atoms with E-state index in [0.717, 1.165) is 40.2 Å². The van der Waals surface area contributed by atoms with Gasteiger partial charge >= 0.3 is 0 Å². The van der Waals surface area contributed by atoms with Crippen LogP contribution < -0.4 is 10.6 Å². The van der Waals surface area contributed by atoms with Gasteiger partial charge in [-0.05, 0) is 62.3 Å². The van der Waals surface area contributed by atoms with E-state index in [0.29, 0.717) is 18.7 Å². The average Bonchev–Trinajstić information content (AvgIpc) is 3.32. The maximum absolute atomic E-state index is 13.2. The molecule has 1 fully saturated rings. The van der Waals surface area contributed by atoms with Crippen LogP contribution in [0.5, 0.6) is 0 Å². The molecule has 0 radical (unpaired) electrons. The van der Waals surface area contributed by atoms with Crippen molar-refractivity contribution in [3.63, 3.8) is 0 Å². The van der Waals surface area contributed by atoms with E-state index in [-0.39, 0.29) is 11.8 Å². The number of carbonyl (C=O) groups excluding carboxylic acids is 2. The Bertz CT molecular complexity index is 1040. The van der Waals surface area contributed by atoms with E-state index in [1.807, 2.05) is 43.5 Å². The molecule has 0 spiro atoms. The molecule has 2 aromatic heterocycles. The highest BCUT2D eigenvalue weighted by Crippen LogP contribution is 2.27. The zero-order valence-corrected chi connectivity index (χ0v) is 17.4. The number of hydrogen-bond donors (Lipinski definition) is 2. The molecular weight excluding hydrogens is 384 g/mol. The van der Waals surface area contributed by atoms with E-state index >= 15 is 0 Å². The normalized spacial score (nSPS) is 16.9. The molecule has 4 rings (SSSR count). The summed E-state index contributed by atoms with van der Waals surface area (Å²) in [6, 6.07) is 11.3. The third-order valence-electron chi connectivity index (χ3n) is 5.14. The molecule has 2 amide bonds. The fourth-order valence-corrected chi connectivity index (χ4v) is 4.30. The van der Waals surface area contributed by atoms with Crippen LogP contribution in [-0.4, -0.2) is 34.2 Å². The largest absolute Gasteiger partial charge is 0.354 e. The lowest BCUT2D eigenvalue weighted by Gasteiger charge is -2.16. The van der Waals surface area contributed by atoms with E-state index in [9.17, 15) is 9.59 Å². The molecular formula is C22H24N4O2S. The number of thiophene rings is 1. The standard InChI is InChI=1S/C22H24N4O2S/c1-14-8-9-18(15(2)12-14)26-19(13-17(25-26)20-7-5-11-29-20)22(28)24-16-6-3-4-10-23-21(16)27/h5,7-9,11-13,16H,3-4,6,10H2,1-2H3,(H,23,27)(H,24,28). The second-order valence-corrected chi connectivity index (χ2v) is 8.35. The first kappa shape index (κ1) is 19.4. The molecule has 29 heavy (non-hydrogen) atoms. The predicted octanol–water partition coefficient (Wildman–Crippen LogP) is 3.62. The smallest absolute Gasteiger partial charge is 0.270 e. The van der Waals surface area contributed by atoms with Crippen LogP contribution >= 0.6 is 11.3 Å². The number of hydrogen-bond acceptors (Lipinski definition) is 4. The minimum Gasteiger partial charge on any atom is -0.354 e. The van der Waals surface area contributed by atoms with Gasteiger partial charge in [0, 0.05) is 6.54 Å². The summed E-state index contributed by atoms with van der Waals surface area (Å²) in [5.41, 5.74) is 4.21. The third kappa shape index (κ3) is 4.10. The van der Waals surface area contributed by atoms with Gasteiger partial charge in [-0.3, -0.25) is 9.59 Å². The monoisotopic (exact) mass is 408 g/mol. The zero-order valence-electron chi connectivity index (χ0n) is 16.6. The molecule has 1 aliphatic heterocycles. The summed E-state index contributed by atoms with van der Waals surface area (Å²) in [5, 5.41) is 12.5. The van der Waals surface area contributed by atoms with Gasteiger partial charge in [0.25, 0.3) is 5.91 Å². The molecule has 0 saturated carbocycles. The predicted molar refractivity (Wildman–Crippen MR) is 114 cm³/mol. The van der Waals surface area contributed by atoms with Crippen molar-refractivity contribution >= 4 is 23.2 Å². The van der Waals surface area contributed by atoms with Crippen molar-refractivity contribution in [3.05, 3.63) is 58.6 Å². The maximum Gasteiger partial charge on any atom is 0.270 e. The Balaban J connectivity index is 1.72. The van der Waals surface area contributed by atoms with Gasteiger partial charge < -0.3 is 10.6 Å². The summed E-state index contributed by atoms with van der Waals surface area (Å²) in [4.78, 5) is 26.4. The first-order valence-electron chi connectivity index (χ1n) is 9.83. The lowest BCUT2D eigenvalue weighted by molar-refractivity contribution is -0.122. The highest BCUT2D eigenvalue weighted by molar-refractivity contribution is 7.13. The Morgan fingerprint density at radius 3 is 2.86 bits per heavy atom. The summed E-state index contributed by atoms with van der Waals surface area (Å²) in [6.45, 7) is 4.71. The van der Waals surface area contributed by atoms with Crippen LogP contribution in [0, 0.1) is 13.8 Å². The number of amides is 2. The van der Waals surface area contributed by atoms with Crippen LogP contribution in [0.1, 0.15) is 40.9 Å². The average molecular weight is 409 g/mol. The molecule has 0 aliphatic carbocycles. The highest BCUT2D eigenvalue weighted by Gasteiger charge is 2.26. The van der Waals surface area contributed by atoms with Crippen LogP contribution in [0.4, 0.5) is 0 Å². The van der Waals surface area contributed by atoms with Gasteiger partial charge in [-0.1, -0.05) is 23.8 Å². The molecule has 1 atom stereocenters. The summed E-state index contributed by atoms with van der Waals surface area (Å²) in [5.74, 6) is -0.408. The van der Waals surface area contributed by atoms with Crippen molar-refractivity contribution in [1.82, 2.24) is 20.4 Å². The van der Waals surface area contributed by atoms with Crippen LogP contribution in [-0.2, 0) is 4.79 Å². The van der Waals surface area contributed by atoms with Crippen molar-refractivity contribution in [3.8, 4) is 16.3 Å². The van der Waals surface area contributed by atoms with E-state index < -0.39 is 6.04 Å². The number of carbonyl (C=O) groups is 2. The molecule has 2 N–H and O–H groups in total. The Morgan fingerprint density at radius 1 is 1.24 bits per heavy atom. The first-order chi connectivity index (χ1) is 14.0. The molecule has 3 heterocycles. The van der Waals surface area contributed by atoms with Gasteiger partial charge in [0.05, 0.1) is 10.6 Å². The fourth-order valence-electron chi connectivity index (χ4n) is 3.62. The highest BCUT2D eigenvalue weighted by atomic mass is 32.1. The number of rotatable bonds is 4. The number of nitrogens with zero attached hydrogens (tertiary/aromatic N) is 2. The van der Waals surface area contributed by atoms with Crippen molar-refractivity contribution in [1.29, 1.82) is 0 Å². The van der Waals surface area contributed by atoms with Crippen LogP contribution in [0.3, 0.4) is 0 Å². The van der Waals surface area contributed by atoms with Gasteiger partial charge in [0.1, 0.15) is 17.4 Å². The Hall–Kier alpha value is -2.93.